The molecule has 1 N–H and O–H groups in total. The molecule has 0 bridgehead atoms. The first-order chi connectivity index (χ1) is 15.4. The van der Waals surface area contributed by atoms with Crippen LogP contribution < -0.4 is 10.1 Å². The molecule has 0 aliphatic carbocycles. The van der Waals surface area contributed by atoms with E-state index in [1.165, 1.54) is 15.6 Å². The summed E-state index contributed by atoms with van der Waals surface area (Å²) in [6.45, 7) is 2.59. The molecule has 1 unspecified atom stereocenters. The fourth-order valence-corrected chi connectivity index (χ4v) is 6.31. The van der Waals surface area contributed by atoms with Crippen molar-refractivity contribution >= 4 is 33.0 Å². The number of piperidine rings is 1. The molecule has 1 atom stereocenters. The largest absolute Gasteiger partial charge is 0.497 e. The van der Waals surface area contributed by atoms with Crippen LogP contribution in [-0.2, 0) is 10.0 Å². The molecule has 1 aromatic heterocycles. The summed E-state index contributed by atoms with van der Waals surface area (Å²) in [6.07, 6.45) is 1.53. The third kappa shape index (κ3) is 4.67. The monoisotopic (exact) mass is 472 g/mol. The highest BCUT2D eigenvalue weighted by molar-refractivity contribution is 7.89. The van der Waals surface area contributed by atoms with Crippen LogP contribution in [0.3, 0.4) is 0 Å². The van der Waals surface area contributed by atoms with Crippen LogP contribution in [-0.4, -0.2) is 49.0 Å². The van der Waals surface area contributed by atoms with Gasteiger partial charge in [-0.05, 0) is 55.7 Å². The van der Waals surface area contributed by atoms with Crippen molar-refractivity contribution in [2.75, 3.05) is 25.5 Å². The zero-order chi connectivity index (χ0) is 22.7. The fourth-order valence-electron chi connectivity index (χ4n) is 3.70. The topological polar surface area (TPSA) is 101 Å². The number of aromatic nitrogens is 2. The van der Waals surface area contributed by atoms with Crippen LogP contribution >= 0.6 is 11.3 Å². The van der Waals surface area contributed by atoms with Gasteiger partial charge in [-0.3, -0.25) is 4.79 Å². The van der Waals surface area contributed by atoms with Crippen molar-refractivity contribution in [3.8, 4) is 5.75 Å². The lowest BCUT2D eigenvalue weighted by molar-refractivity contribution is 0.102. The molecule has 0 radical (unpaired) electrons. The first-order valence-electron chi connectivity index (χ1n) is 10.2. The van der Waals surface area contributed by atoms with Crippen molar-refractivity contribution in [3.05, 3.63) is 64.1 Å². The standard InChI is InChI=1S/C22H24N4O4S2/c1-15-6-3-4-8-19(15)32(28,29)26-13-5-7-16(14-26)21-24-25-22(31-21)20(27)23-17-9-11-18(30-2)12-10-17/h3-4,6,8-12,16H,5,7,13-14H2,1-2H3,(H,23,27). The minimum atomic E-state index is -3.59. The SMILES string of the molecule is COc1ccc(NC(=O)c2nnc(C3CCCN(S(=O)(=O)c4ccccc4C)C3)s2)cc1. The Morgan fingerprint density at radius 2 is 1.91 bits per heavy atom. The first kappa shape index (κ1) is 22.4. The molecule has 168 valence electrons. The number of ether oxygens (including phenoxy) is 1. The quantitative estimate of drug-likeness (QED) is 0.587. The molecule has 2 aromatic carbocycles. The molecule has 0 saturated carbocycles. The van der Waals surface area contributed by atoms with E-state index in [4.69, 9.17) is 4.74 Å². The van der Waals surface area contributed by atoms with Gasteiger partial charge in [0.05, 0.1) is 12.0 Å². The van der Waals surface area contributed by atoms with Crippen LogP contribution in [0.15, 0.2) is 53.4 Å². The van der Waals surface area contributed by atoms with Crippen molar-refractivity contribution in [2.45, 2.75) is 30.6 Å². The average molecular weight is 473 g/mol. The Morgan fingerprint density at radius 1 is 1.16 bits per heavy atom. The molecule has 32 heavy (non-hydrogen) atoms. The third-order valence-corrected chi connectivity index (χ3v) is 8.54. The molecule has 1 amide bonds. The van der Waals surface area contributed by atoms with Gasteiger partial charge >= 0.3 is 0 Å². The summed E-state index contributed by atoms with van der Waals surface area (Å²) in [5.41, 5.74) is 1.35. The highest BCUT2D eigenvalue weighted by Gasteiger charge is 2.33. The minimum Gasteiger partial charge on any atom is -0.497 e. The van der Waals surface area contributed by atoms with Crippen molar-refractivity contribution < 1.29 is 17.9 Å². The number of amides is 1. The molecule has 4 rings (SSSR count). The van der Waals surface area contributed by atoms with E-state index < -0.39 is 10.0 Å². The molecule has 1 aliphatic heterocycles. The highest BCUT2D eigenvalue weighted by atomic mass is 32.2. The maximum absolute atomic E-state index is 13.2. The van der Waals surface area contributed by atoms with Gasteiger partial charge in [-0.25, -0.2) is 8.42 Å². The van der Waals surface area contributed by atoms with E-state index in [1.807, 2.05) is 6.07 Å². The van der Waals surface area contributed by atoms with Crippen LogP contribution in [0.4, 0.5) is 5.69 Å². The van der Waals surface area contributed by atoms with Crippen LogP contribution in [0.25, 0.3) is 0 Å². The van der Waals surface area contributed by atoms with E-state index in [1.54, 1.807) is 56.5 Å². The van der Waals surface area contributed by atoms with Gasteiger partial charge in [0.25, 0.3) is 5.91 Å². The Bertz CT molecular complexity index is 1210. The maximum atomic E-state index is 13.2. The Hall–Kier alpha value is -2.82. The molecule has 2 heterocycles. The average Bonchev–Trinajstić information content (AvgIpc) is 3.30. The first-order valence-corrected chi connectivity index (χ1v) is 12.5. The van der Waals surface area contributed by atoms with Crippen LogP contribution in [0.1, 0.15) is 39.1 Å². The van der Waals surface area contributed by atoms with Crippen LogP contribution in [0.5, 0.6) is 5.75 Å². The van der Waals surface area contributed by atoms with E-state index in [0.717, 1.165) is 18.4 Å². The number of nitrogens with one attached hydrogen (secondary N) is 1. The zero-order valence-electron chi connectivity index (χ0n) is 17.8. The Kier molecular flexibility index (Phi) is 6.54. The van der Waals surface area contributed by atoms with Gasteiger partial charge in [0.1, 0.15) is 10.8 Å². The molecule has 1 fully saturated rings. The summed E-state index contributed by atoms with van der Waals surface area (Å²) in [5.74, 6) is 0.255. The summed E-state index contributed by atoms with van der Waals surface area (Å²) in [5, 5.41) is 12.0. The van der Waals surface area contributed by atoms with E-state index in [-0.39, 0.29) is 16.8 Å². The summed E-state index contributed by atoms with van der Waals surface area (Å²) < 4.78 is 33.0. The van der Waals surface area contributed by atoms with Gasteiger partial charge in [0.15, 0.2) is 0 Å². The number of nitrogens with zero attached hydrogens (tertiary/aromatic N) is 3. The molecule has 8 nitrogen and oxygen atoms in total. The fraction of sp³-hybridized carbons (Fsp3) is 0.318. The van der Waals surface area contributed by atoms with Crippen LogP contribution in [0, 0.1) is 6.92 Å². The van der Waals surface area contributed by atoms with Gasteiger partial charge in [0.2, 0.25) is 15.0 Å². The van der Waals surface area contributed by atoms with Gasteiger partial charge < -0.3 is 10.1 Å². The van der Waals surface area contributed by atoms with Crippen molar-refractivity contribution in [3.63, 3.8) is 0 Å². The molecule has 10 heteroatoms. The Balaban J connectivity index is 1.46. The van der Waals surface area contributed by atoms with Gasteiger partial charge in [-0.15, -0.1) is 10.2 Å². The highest BCUT2D eigenvalue weighted by Crippen LogP contribution is 2.32. The lowest BCUT2D eigenvalue weighted by Crippen LogP contribution is -2.39. The van der Waals surface area contributed by atoms with E-state index >= 15 is 0 Å². The summed E-state index contributed by atoms with van der Waals surface area (Å²) >= 11 is 1.21. The number of carbonyl (C=O) groups excluding carboxylic acids is 1. The summed E-state index contributed by atoms with van der Waals surface area (Å²) in [6, 6.07) is 14.0. The van der Waals surface area contributed by atoms with Gasteiger partial charge in [-0.2, -0.15) is 4.31 Å². The number of aryl methyl sites for hydroxylation is 1. The molecule has 0 spiro atoms. The van der Waals surface area contributed by atoms with Gasteiger partial charge in [0, 0.05) is 24.7 Å². The molecule has 1 aliphatic rings. The molecule has 3 aromatic rings. The van der Waals surface area contributed by atoms with Crippen LogP contribution in [0.2, 0.25) is 0 Å². The zero-order valence-corrected chi connectivity index (χ0v) is 19.4. The number of methoxy groups -OCH3 is 1. The second kappa shape index (κ2) is 9.35. The predicted molar refractivity (Wildman–Crippen MR) is 123 cm³/mol. The molecule has 1 saturated heterocycles. The third-order valence-electron chi connectivity index (χ3n) is 5.43. The molecular formula is C22H24N4O4S2. The number of hydrogen-bond donors (Lipinski definition) is 1. The smallest absolute Gasteiger partial charge is 0.286 e. The summed E-state index contributed by atoms with van der Waals surface area (Å²) in [7, 11) is -2.01. The van der Waals surface area contributed by atoms with E-state index in [9.17, 15) is 13.2 Å². The number of anilines is 1. The normalized spacial score (nSPS) is 17.1. The van der Waals surface area contributed by atoms with E-state index in [2.05, 4.69) is 15.5 Å². The summed E-state index contributed by atoms with van der Waals surface area (Å²) in [4.78, 5) is 12.9. The number of benzene rings is 2. The second-order valence-corrected chi connectivity index (χ2v) is 10.5. The van der Waals surface area contributed by atoms with Crippen molar-refractivity contribution in [1.29, 1.82) is 0 Å². The lowest BCUT2D eigenvalue weighted by Gasteiger charge is -2.31. The predicted octanol–water partition coefficient (Wildman–Crippen LogP) is 3.68. The second-order valence-electron chi connectivity index (χ2n) is 7.60. The lowest BCUT2D eigenvalue weighted by atomic mass is 10.0. The maximum Gasteiger partial charge on any atom is 0.286 e. The molecular weight excluding hydrogens is 448 g/mol. The number of carbonyl (C=O) groups is 1. The van der Waals surface area contributed by atoms with Crippen molar-refractivity contribution in [2.24, 2.45) is 0 Å². The Morgan fingerprint density at radius 3 is 2.62 bits per heavy atom. The number of hydrogen-bond acceptors (Lipinski definition) is 7. The number of rotatable bonds is 6. The van der Waals surface area contributed by atoms with Crippen molar-refractivity contribution in [1.82, 2.24) is 14.5 Å². The minimum absolute atomic E-state index is 0.0948. The van der Waals surface area contributed by atoms with E-state index in [0.29, 0.717) is 34.4 Å². The Labute approximate surface area is 191 Å². The van der Waals surface area contributed by atoms with Gasteiger partial charge in [-0.1, -0.05) is 29.5 Å². The number of sulfonamides is 1.